The first-order valence-corrected chi connectivity index (χ1v) is 9.54. The number of aromatic nitrogens is 1. The van der Waals surface area contributed by atoms with Crippen molar-refractivity contribution in [1.29, 1.82) is 0 Å². The van der Waals surface area contributed by atoms with Gasteiger partial charge in [0.05, 0.1) is 11.9 Å². The summed E-state index contributed by atoms with van der Waals surface area (Å²) in [6, 6.07) is 15.2. The van der Waals surface area contributed by atoms with Crippen LogP contribution >= 0.6 is 27.3 Å². The molecule has 0 amide bonds. The third-order valence-corrected chi connectivity index (χ3v) is 4.94. The monoisotopic (exact) mass is 415 g/mol. The zero-order valence-corrected chi connectivity index (χ0v) is 16.3. The largest absolute Gasteiger partial charge is 0.508 e. The van der Waals surface area contributed by atoms with Gasteiger partial charge in [-0.05, 0) is 49.7 Å². The number of phenolic OH excluding ortho intramolecular Hbond substituents is 1. The Labute approximate surface area is 158 Å². The first-order valence-electron chi connectivity index (χ1n) is 7.87. The number of rotatable bonds is 4. The van der Waals surface area contributed by atoms with Gasteiger partial charge in [0.25, 0.3) is 0 Å². The molecule has 25 heavy (non-hydrogen) atoms. The zero-order chi connectivity index (χ0) is 17.8. The van der Waals surface area contributed by atoms with E-state index < -0.39 is 0 Å². The molecule has 1 N–H and O–H groups in total. The van der Waals surface area contributed by atoms with Crippen LogP contribution in [0.4, 0.5) is 0 Å². The number of thiazole rings is 1. The quantitative estimate of drug-likeness (QED) is 0.606. The van der Waals surface area contributed by atoms with Gasteiger partial charge in [-0.2, -0.15) is 5.10 Å². The molecule has 1 heterocycles. The lowest BCUT2D eigenvalue weighted by Crippen LogP contribution is -2.14. The van der Waals surface area contributed by atoms with Crippen LogP contribution < -0.4 is 4.80 Å². The zero-order valence-electron chi connectivity index (χ0n) is 13.9. The minimum atomic E-state index is 0.181. The molecule has 0 atom stereocenters. The van der Waals surface area contributed by atoms with Crippen LogP contribution in [0.3, 0.4) is 0 Å². The van der Waals surface area contributed by atoms with E-state index in [-0.39, 0.29) is 11.8 Å². The second kappa shape index (κ2) is 7.80. The Kier molecular flexibility index (Phi) is 5.50. The van der Waals surface area contributed by atoms with E-state index in [0.717, 1.165) is 26.1 Å². The molecule has 0 saturated heterocycles. The Balaban J connectivity index is 2.11. The molecule has 0 aliphatic heterocycles. The van der Waals surface area contributed by atoms with E-state index in [9.17, 15) is 5.11 Å². The number of phenols is 1. The molecular formula is C19H18BrN3OS. The maximum absolute atomic E-state index is 9.41. The topological polar surface area (TPSA) is 49.9 Å². The van der Waals surface area contributed by atoms with Gasteiger partial charge in [0, 0.05) is 21.5 Å². The summed E-state index contributed by atoms with van der Waals surface area (Å²) in [5.41, 5.74) is 2.95. The molecule has 0 unspecified atom stereocenters. The molecule has 128 valence electrons. The molecule has 0 fully saturated rings. The number of hydrogen-bond acceptors (Lipinski definition) is 4. The van der Waals surface area contributed by atoms with E-state index >= 15 is 0 Å². The molecule has 3 aromatic rings. The fraction of sp³-hybridized carbons (Fsp3) is 0.158. The second-order valence-electron chi connectivity index (χ2n) is 5.75. The van der Waals surface area contributed by atoms with Gasteiger partial charge in [-0.15, -0.1) is 11.3 Å². The van der Waals surface area contributed by atoms with Crippen molar-refractivity contribution in [3.05, 3.63) is 68.7 Å². The molecule has 0 spiro atoms. The molecule has 6 heteroatoms. The van der Waals surface area contributed by atoms with Gasteiger partial charge in [0.1, 0.15) is 5.75 Å². The van der Waals surface area contributed by atoms with Gasteiger partial charge in [0.2, 0.25) is 4.80 Å². The molecule has 2 aromatic carbocycles. The molecular weight excluding hydrogens is 398 g/mol. The highest BCUT2D eigenvalue weighted by Crippen LogP contribution is 2.28. The molecule has 0 aliphatic carbocycles. The van der Waals surface area contributed by atoms with Gasteiger partial charge in [0.15, 0.2) is 0 Å². The lowest BCUT2D eigenvalue weighted by Gasteiger charge is -2.06. The predicted octanol–water partition coefficient (Wildman–Crippen LogP) is 4.88. The summed E-state index contributed by atoms with van der Waals surface area (Å²) in [7, 11) is 0. The van der Waals surface area contributed by atoms with Crippen molar-refractivity contribution >= 4 is 33.5 Å². The third kappa shape index (κ3) is 4.27. The van der Waals surface area contributed by atoms with Crippen LogP contribution in [0.15, 0.2) is 68.5 Å². The highest BCUT2D eigenvalue weighted by atomic mass is 79.9. The summed E-state index contributed by atoms with van der Waals surface area (Å²) in [6.45, 7) is 4.09. The van der Waals surface area contributed by atoms with E-state index in [1.807, 2.05) is 48.9 Å². The Bertz CT molecular complexity index is 955. The van der Waals surface area contributed by atoms with Crippen LogP contribution in [0.5, 0.6) is 5.75 Å². The smallest absolute Gasteiger partial charge is 0.206 e. The van der Waals surface area contributed by atoms with Crippen LogP contribution in [0.25, 0.3) is 11.3 Å². The third-order valence-electron chi connectivity index (χ3n) is 3.42. The standard InChI is InChI=1S/C19H18BrN3OS/c1-13(2)22-19-23(21-11-14-7-9-15(24)10-8-14)18(12-25-19)16-5-3-4-6-17(16)20/h3-13,24H,1-2H3. The van der Waals surface area contributed by atoms with Gasteiger partial charge in [-0.3, -0.25) is 4.99 Å². The van der Waals surface area contributed by atoms with Crippen LogP contribution in [0.2, 0.25) is 0 Å². The van der Waals surface area contributed by atoms with Gasteiger partial charge >= 0.3 is 0 Å². The van der Waals surface area contributed by atoms with Gasteiger partial charge in [-0.25, -0.2) is 4.68 Å². The maximum Gasteiger partial charge on any atom is 0.206 e. The average Bonchev–Trinajstić information content (AvgIpc) is 2.96. The molecule has 3 rings (SSSR count). The van der Waals surface area contributed by atoms with Gasteiger partial charge in [-0.1, -0.05) is 34.1 Å². The molecule has 0 aliphatic rings. The first kappa shape index (κ1) is 17.6. The van der Waals surface area contributed by atoms with E-state index in [1.165, 1.54) is 0 Å². The fourth-order valence-electron chi connectivity index (χ4n) is 2.26. The normalized spacial score (nSPS) is 12.4. The van der Waals surface area contributed by atoms with Crippen LogP contribution in [0.1, 0.15) is 19.4 Å². The lowest BCUT2D eigenvalue weighted by molar-refractivity contribution is 0.475. The van der Waals surface area contributed by atoms with E-state index in [2.05, 4.69) is 37.5 Å². The Hall–Kier alpha value is -2.18. The van der Waals surface area contributed by atoms with Crippen molar-refractivity contribution in [1.82, 2.24) is 4.68 Å². The second-order valence-corrected chi connectivity index (χ2v) is 7.45. The van der Waals surface area contributed by atoms with Crippen LogP contribution in [-0.2, 0) is 0 Å². The fourth-order valence-corrected chi connectivity index (χ4v) is 3.71. The Morgan fingerprint density at radius 3 is 2.52 bits per heavy atom. The predicted molar refractivity (Wildman–Crippen MR) is 107 cm³/mol. The van der Waals surface area contributed by atoms with Crippen molar-refractivity contribution in [2.45, 2.75) is 19.9 Å². The number of benzene rings is 2. The van der Waals surface area contributed by atoms with E-state index in [0.29, 0.717) is 0 Å². The maximum atomic E-state index is 9.41. The summed E-state index contributed by atoms with van der Waals surface area (Å²) in [6.07, 6.45) is 1.77. The first-order chi connectivity index (χ1) is 12.0. The minimum absolute atomic E-state index is 0.181. The van der Waals surface area contributed by atoms with E-state index in [1.54, 1.807) is 29.7 Å². The van der Waals surface area contributed by atoms with Crippen molar-refractivity contribution in [3.8, 4) is 17.0 Å². The Morgan fingerprint density at radius 2 is 1.84 bits per heavy atom. The highest BCUT2D eigenvalue weighted by molar-refractivity contribution is 9.10. The molecule has 0 radical (unpaired) electrons. The van der Waals surface area contributed by atoms with Crippen LogP contribution in [0, 0.1) is 0 Å². The summed E-state index contributed by atoms with van der Waals surface area (Å²) in [4.78, 5) is 5.52. The number of aromatic hydroxyl groups is 1. The average molecular weight is 416 g/mol. The molecule has 0 saturated carbocycles. The van der Waals surface area contributed by atoms with Crippen molar-refractivity contribution in [2.75, 3.05) is 0 Å². The molecule has 1 aromatic heterocycles. The summed E-state index contributed by atoms with van der Waals surface area (Å²) >= 11 is 5.18. The Morgan fingerprint density at radius 1 is 1.12 bits per heavy atom. The SMILES string of the molecule is CC(C)N=c1scc(-c2ccccc2Br)n1N=Cc1ccc(O)cc1. The molecule has 4 nitrogen and oxygen atoms in total. The molecule has 0 bridgehead atoms. The van der Waals surface area contributed by atoms with Crippen molar-refractivity contribution < 1.29 is 5.11 Å². The van der Waals surface area contributed by atoms with Crippen molar-refractivity contribution in [3.63, 3.8) is 0 Å². The summed E-state index contributed by atoms with van der Waals surface area (Å²) < 4.78 is 2.87. The number of nitrogens with zero attached hydrogens (tertiary/aromatic N) is 3. The van der Waals surface area contributed by atoms with Gasteiger partial charge < -0.3 is 5.11 Å². The number of hydrogen-bond donors (Lipinski definition) is 1. The van der Waals surface area contributed by atoms with E-state index in [4.69, 9.17) is 0 Å². The number of halogens is 1. The summed E-state index contributed by atoms with van der Waals surface area (Å²) in [5, 5.41) is 16.1. The minimum Gasteiger partial charge on any atom is -0.508 e. The van der Waals surface area contributed by atoms with Crippen LogP contribution in [-0.4, -0.2) is 22.0 Å². The summed E-state index contributed by atoms with van der Waals surface area (Å²) in [5.74, 6) is 0.240. The van der Waals surface area contributed by atoms with Crippen molar-refractivity contribution in [2.24, 2.45) is 10.1 Å². The highest BCUT2D eigenvalue weighted by Gasteiger charge is 2.10. The lowest BCUT2D eigenvalue weighted by atomic mass is 10.2.